The van der Waals surface area contributed by atoms with E-state index in [0.717, 1.165) is 11.3 Å². The van der Waals surface area contributed by atoms with Crippen LogP contribution in [-0.2, 0) is 11.8 Å². The van der Waals surface area contributed by atoms with Gasteiger partial charge in [-0.25, -0.2) is 4.68 Å². The van der Waals surface area contributed by atoms with Crippen molar-refractivity contribution in [3.05, 3.63) is 75.2 Å². The van der Waals surface area contributed by atoms with Crippen molar-refractivity contribution in [3.8, 4) is 11.4 Å². The molecule has 1 aromatic heterocycles. The summed E-state index contributed by atoms with van der Waals surface area (Å²) >= 11 is 5.95. The van der Waals surface area contributed by atoms with Crippen molar-refractivity contribution >= 4 is 23.2 Å². The van der Waals surface area contributed by atoms with Crippen LogP contribution in [0.5, 0.6) is 5.75 Å². The number of aromatic nitrogens is 2. The summed E-state index contributed by atoms with van der Waals surface area (Å²) < 4.78 is 8.97. The third-order valence-electron chi connectivity index (χ3n) is 4.61. The first kappa shape index (κ1) is 19.8. The molecule has 0 fully saturated rings. The molecule has 0 unspecified atom stereocenters. The molecule has 0 aliphatic rings. The van der Waals surface area contributed by atoms with Gasteiger partial charge in [-0.2, -0.15) is 0 Å². The highest BCUT2D eigenvalue weighted by Gasteiger charge is 2.22. The van der Waals surface area contributed by atoms with E-state index in [1.165, 1.54) is 4.68 Å². The van der Waals surface area contributed by atoms with Crippen molar-refractivity contribution in [3.63, 3.8) is 0 Å². The maximum absolute atomic E-state index is 12.9. The van der Waals surface area contributed by atoms with Crippen molar-refractivity contribution in [2.45, 2.75) is 26.9 Å². The molecule has 3 rings (SSSR count). The number of ether oxygens (including phenoxy) is 1. The number of amides is 1. The number of rotatable bonds is 5. The minimum absolute atomic E-state index is 0.236. The van der Waals surface area contributed by atoms with E-state index < -0.39 is 12.0 Å². The summed E-state index contributed by atoms with van der Waals surface area (Å²) in [6, 6.07) is 14.4. The lowest BCUT2D eigenvalue weighted by Crippen LogP contribution is -2.32. The molecule has 0 bridgehead atoms. The van der Waals surface area contributed by atoms with Crippen molar-refractivity contribution in [1.29, 1.82) is 0 Å². The van der Waals surface area contributed by atoms with Crippen LogP contribution in [0.25, 0.3) is 5.69 Å². The van der Waals surface area contributed by atoms with Crippen molar-refractivity contribution in [2.24, 2.45) is 7.05 Å². The van der Waals surface area contributed by atoms with Gasteiger partial charge in [0.2, 0.25) is 0 Å². The molecule has 146 valence electrons. The Morgan fingerprint density at radius 2 is 1.82 bits per heavy atom. The van der Waals surface area contributed by atoms with E-state index in [1.807, 2.05) is 37.3 Å². The molecule has 0 aliphatic heterocycles. The molecule has 0 aliphatic carbocycles. The van der Waals surface area contributed by atoms with Gasteiger partial charge in [-0.3, -0.25) is 14.3 Å². The molecule has 7 heteroatoms. The number of carbonyl (C=O) groups is 1. The van der Waals surface area contributed by atoms with Crippen LogP contribution in [0.15, 0.2) is 53.3 Å². The number of anilines is 1. The molecular weight excluding hydrogens is 378 g/mol. The lowest BCUT2D eigenvalue weighted by molar-refractivity contribution is -0.122. The largest absolute Gasteiger partial charge is 0.481 e. The Bertz CT molecular complexity index is 1070. The van der Waals surface area contributed by atoms with Gasteiger partial charge in [0.1, 0.15) is 11.4 Å². The molecule has 6 nitrogen and oxygen atoms in total. The highest BCUT2D eigenvalue weighted by atomic mass is 35.5. The van der Waals surface area contributed by atoms with Crippen LogP contribution in [0.1, 0.15) is 18.2 Å². The molecule has 0 saturated heterocycles. The van der Waals surface area contributed by atoms with Gasteiger partial charge in [-0.1, -0.05) is 29.8 Å². The molecule has 1 N–H and O–H groups in total. The fraction of sp³-hybridized carbons (Fsp3) is 0.238. The summed E-state index contributed by atoms with van der Waals surface area (Å²) in [5.41, 5.74) is 2.14. The maximum Gasteiger partial charge on any atom is 0.295 e. The average molecular weight is 400 g/mol. The number of carbonyl (C=O) groups excluding carboxylic acids is 1. The van der Waals surface area contributed by atoms with Crippen LogP contribution in [0.4, 0.5) is 5.69 Å². The standard InChI is InChI=1S/C21H22ClN3O3/c1-13-12-16(22)10-11-18(13)28-15(3)20(26)23-19-14(2)24(4)25(21(19)27)17-8-6-5-7-9-17/h5-12,15H,1-4H3,(H,23,26)/t15-/m0/s1. The summed E-state index contributed by atoms with van der Waals surface area (Å²) in [5, 5.41) is 3.32. The Hall–Kier alpha value is -2.99. The number of halogens is 1. The van der Waals surface area contributed by atoms with Crippen LogP contribution in [0.2, 0.25) is 5.02 Å². The molecule has 28 heavy (non-hydrogen) atoms. The summed E-state index contributed by atoms with van der Waals surface area (Å²) in [5.74, 6) is 0.166. The smallest absolute Gasteiger partial charge is 0.295 e. The maximum atomic E-state index is 12.9. The summed E-state index contributed by atoms with van der Waals surface area (Å²) in [4.78, 5) is 25.5. The molecule has 0 spiro atoms. The zero-order chi connectivity index (χ0) is 20.4. The lowest BCUT2D eigenvalue weighted by atomic mass is 10.2. The Balaban J connectivity index is 1.83. The predicted octanol–water partition coefficient (Wildman–Crippen LogP) is 3.85. The first-order chi connectivity index (χ1) is 13.3. The first-order valence-electron chi connectivity index (χ1n) is 8.87. The summed E-state index contributed by atoms with van der Waals surface area (Å²) in [6.07, 6.45) is -0.788. The lowest BCUT2D eigenvalue weighted by Gasteiger charge is -2.16. The highest BCUT2D eigenvalue weighted by molar-refractivity contribution is 6.30. The Morgan fingerprint density at radius 1 is 1.14 bits per heavy atom. The number of nitrogens with one attached hydrogen (secondary N) is 1. The van der Waals surface area contributed by atoms with Gasteiger partial charge < -0.3 is 10.1 Å². The summed E-state index contributed by atoms with van der Waals surface area (Å²) in [6.45, 7) is 5.27. The van der Waals surface area contributed by atoms with Gasteiger partial charge in [0, 0.05) is 12.1 Å². The Kier molecular flexibility index (Phi) is 5.61. The van der Waals surface area contributed by atoms with Gasteiger partial charge in [-0.05, 0) is 56.7 Å². The number of benzene rings is 2. The Morgan fingerprint density at radius 3 is 2.46 bits per heavy atom. The van der Waals surface area contributed by atoms with E-state index in [0.29, 0.717) is 16.5 Å². The van der Waals surface area contributed by atoms with Gasteiger partial charge in [0.05, 0.1) is 11.4 Å². The zero-order valence-corrected chi connectivity index (χ0v) is 16.9. The normalized spacial score (nSPS) is 11.9. The molecular formula is C21H22ClN3O3. The third-order valence-corrected chi connectivity index (χ3v) is 4.85. The molecule has 1 atom stereocenters. The van der Waals surface area contributed by atoms with Crippen LogP contribution < -0.4 is 15.6 Å². The molecule has 0 radical (unpaired) electrons. The summed E-state index contributed by atoms with van der Waals surface area (Å²) in [7, 11) is 1.77. The van der Waals surface area contributed by atoms with Crippen LogP contribution >= 0.6 is 11.6 Å². The minimum Gasteiger partial charge on any atom is -0.481 e. The quantitative estimate of drug-likeness (QED) is 0.708. The van der Waals surface area contributed by atoms with Crippen molar-refractivity contribution in [2.75, 3.05) is 5.32 Å². The van der Waals surface area contributed by atoms with E-state index in [9.17, 15) is 9.59 Å². The number of aryl methyl sites for hydroxylation is 1. The fourth-order valence-corrected chi connectivity index (χ4v) is 3.15. The second-order valence-electron chi connectivity index (χ2n) is 6.60. The second-order valence-corrected chi connectivity index (χ2v) is 7.03. The molecule has 1 heterocycles. The van der Waals surface area contributed by atoms with E-state index in [2.05, 4.69) is 5.32 Å². The predicted molar refractivity (Wildman–Crippen MR) is 111 cm³/mol. The zero-order valence-electron chi connectivity index (χ0n) is 16.2. The first-order valence-corrected chi connectivity index (χ1v) is 9.25. The highest BCUT2D eigenvalue weighted by Crippen LogP contribution is 2.23. The second kappa shape index (κ2) is 7.94. The van der Waals surface area contributed by atoms with Crippen molar-refractivity contribution < 1.29 is 9.53 Å². The third kappa shape index (κ3) is 3.82. The average Bonchev–Trinajstić information content (AvgIpc) is 2.88. The van der Waals surface area contributed by atoms with E-state index in [1.54, 1.807) is 43.8 Å². The van der Waals surface area contributed by atoms with Gasteiger partial charge >= 0.3 is 0 Å². The molecule has 0 saturated carbocycles. The van der Waals surface area contributed by atoms with Crippen molar-refractivity contribution in [1.82, 2.24) is 9.36 Å². The molecule has 3 aromatic rings. The van der Waals surface area contributed by atoms with E-state index >= 15 is 0 Å². The van der Waals surface area contributed by atoms with Gasteiger partial charge in [-0.15, -0.1) is 0 Å². The van der Waals surface area contributed by atoms with E-state index in [4.69, 9.17) is 16.3 Å². The van der Waals surface area contributed by atoms with Crippen LogP contribution in [-0.4, -0.2) is 21.4 Å². The number of hydrogen-bond acceptors (Lipinski definition) is 3. The molecule has 1 amide bonds. The molecule has 2 aromatic carbocycles. The number of hydrogen-bond donors (Lipinski definition) is 1. The van der Waals surface area contributed by atoms with Gasteiger partial charge in [0.25, 0.3) is 11.5 Å². The van der Waals surface area contributed by atoms with Crippen LogP contribution in [0.3, 0.4) is 0 Å². The van der Waals surface area contributed by atoms with Crippen LogP contribution in [0, 0.1) is 13.8 Å². The number of para-hydroxylation sites is 1. The van der Waals surface area contributed by atoms with E-state index in [-0.39, 0.29) is 11.2 Å². The Labute approximate surface area is 168 Å². The number of nitrogens with zero attached hydrogens (tertiary/aromatic N) is 2. The monoisotopic (exact) mass is 399 g/mol. The van der Waals surface area contributed by atoms with Gasteiger partial charge in [0.15, 0.2) is 6.10 Å². The minimum atomic E-state index is -0.788. The topological polar surface area (TPSA) is 65.3 Å². The SMILES string of the molecule is Cc1cc(Cl)ccc1O[C@@H](C)C(=O)Nc1c(C)n(C)n(-c2ccccc2)c1=O. The fourth-order valence-electron chi connectivity index (χ4n) is 2.93.